The van der Waals surface area contributed by atoms with Crippen LogP contribution in [0.3, 0.4) is 0 Å². The normalized spacial score (nSPS) is 11.0. The summed E-state index contributed by atoms with van der Waals surface area (Å²) in [6.07, 6.45) is 4.72. The molecule has 8 heteroatoms. The predicted molar refractivity (Wildman–Crippen MR) is 85.2 cm³/mol. The maximum atomic E-state index is 5.56. The lowest BCUT2D eigenvalue weighted by atomic mass is 10.2. The van der Waals surface area contributed by atoms with E-state index in [0.29, 0.717) is 11.7 Å². The van der Waals surface area contributed by atoms with Crippen LogP contribution in [0.1, 0.15) is 11.4 Å². The summed E-state index contributed by atoms with van der Waals surface area (Å²) in [6.45, 7) is 2.29. The summed E-state index contributed by atoms with van der Waals surface area (Å²) in [4.78, 5) is 8.75. The smallest absolute Gasteiger partial charge is 0.235 e. The molecule has 1 aromatic carbocycles. The summed E-state index contributed by atoms with van der Waals surface area (Å²) in [5.41, 5.74) is 2.28. The van der Waals surface area contributed by atoms with Crippen molar-refractivity contribution in [2.24, 2.45) is 0 Å². The summed E-state index contributed by atoms with van der Waals surface area (Å²) < 4.78 is 7.26. The summed E-state index contributed by atoms with van der Waals surface area (Å²) in [5.74, 6) is 1.07. The third-order valence-corrected chi connectivity index (χ3v) is 4.19. The molecule has 0 N–H and O–H groups in total. The molecule has 0 aliphatic heterocycles. The first-order valence-electron chi connectivity index (χ1n) is 6.96. The molecule has 4 rings (SSSR count). The van der Waals surface area contributed by atoms with E-state index < -0.39 is 0 Å². The van der Waals surface area contributed by atoms with Gasteiger partial charge in [0.2, 0.25) is 10.8 Å². The van der Waals surface area contributed by atoms with Gasteiger partial charge in [0, 0.05) is 18.0 Å². The van der Waals surface area contributed by atoms with Crippen LogP contribution in [0.4, 0.5) is 0 Å². The largest absolute Gasteiger partial charge is 0.468 e. The van der Waals surface area contributed by atoms with Gasteiger partial charge >= 0.3 is 0 Å². The Morgan fingerprint density at radius 3 is 2.78 bits per heavy atom. The Hall–Kier alpha value is -2.87. The zero-order valence-electron chi connectivity index (χ0n) is 12.2. The minimum Gasteiger partial charge on any atom is -0.468 e. The number of rotatable bonds is 4. The predicted octanol–water partition coefficient (Wildman–Crippen LogP) is 2.53. The number of aryl methyl sites for hydroxylation is 1. The number of hydrogen-bond acceptors (Lipinski definition) is 7. The fourth-order valence-electron chi connectivity index (χ4n) is 2.06. The molecule has 23 heavy (non-hydrogen) atoms. The first kappa shape index (κ1) is 13.8. The van der Waals surface area contributed by atoms with Crippen molar-refractivity contribution in [2.45, 2.75) is 13.5 Å². The lowest BCUT2D eigenvalue weighted by Gasteiger charge is -2.01. The van der Waals surface area contributed by atoms with Crippen LogP contribution in [0.15, 0.2) is 42.9 Å². The second-order valence-corrected chi connectivity index (χ2v) is 5.87. The number of benzene rings is 1. The Morgan fingerprint density at radius 1 is 1.13 bits per heavy atom. The second-order valence-electron chi connectivity index (χ2n) is 4.92. The van der Waals surface area contributed by atoms with Crippen LogP contribution in [-0.2, 0) is 6.61 Å². The molecule has 0 saturated heterocycles. The van der Waals surface area contributed by atoms with Gasteiger partial charge in [-0.25, -0.2) is 4.98 Å². The van der Waals surface area contributed by atoms with E-state index in [9.17, 15) is 0 Å². The number of hydrogen-bond donors (Lipinski definition) is 0. The Bertz CT molecular complexity index is 932. The molecular weight excluding hydrogens is 312 g/mol. The van der Waals surface area contributed by atoms with Crippen molar-refractivity contribution in [1.29, 1.82) is 0 Å². The van der Waals surface area contributed by atoms with Crippen LogP contribution in [-0.4, -0.2) is 29.8 Å². The number of fused-ring (bicyclic) bond motifs is 1. The van der Waals surface area contributed by atoms with E-state index in [-0.39, 0.29) is 6.61 Å². The molecule has 0 bridgehead atoms. The minimum absolute atomic E-state index is 0.233. The van der Waals surface area contributed by atoms with Gasteiger partial charge in [0.1, 0.15) is 5.01 Å². The fourth-order valence-corrected chi connectivity index (χ4v) is 2.92. The van der Waals surface area contributed by atoms with Crippen molar-refractivity contribution < 1.29 is 4.74 Å². The van der Waals surface area contributed by atoms with E-state index in [2.05, 4.69) is 56.5 Å². The summed E-state index contributed by atoms with van der Waals surface area (Å²) in [6, 6.07) is 8.24. The van der Waals surface area contributed by atoms with Crippen LogP contribution in [0, 0.1) is 6.92 Å². The summed E-state index contributed by atoms with van der Waals surface area (Å²) in [5, 5.41) is 13.7. The average Bonchev–Trinajstić information content (AvgIpc) is 3.15. The van der Waals surface area contributed by atoms with Crippen molar-refractivity contribution in [3.63, 3.8) is 0 Å². The molecule has 0 radical (unpaired) electrons. The van der Waals surface area contributed by atoms with E-state index in [4.69, 9.17) is 4.74 Å². The van der Waals surface area contributed by atoms with E-state index >= 15 is 0 Å². The molecule has 0 unspecified atom stereocenters. The Labute approximate surface area is 135 Å². The maximum Gasteiger partial charge on any atom is 0.235 e. The van der Waals surface area contributed by atoms with Gasteiger partial charge in [-0.05, 0) is 6.92 Å². The lowest BCUT2D eigenvalue weighted by molar-refractivity contribution is 0.280. The molecule has 3 heterocycles. The molecule has 7 nitrogen and oxygen atoms in total. The molecule has 4 aromatic rings. The van der Waals surface area contributed by atoms with Crippen LogP contribution in [0.25, 0.3) is 15.5 Å². The average molecular weight is 324 g/mol. The maximum absolute atomic E-state index is 5.56. The highest BCUT2D eigenvalue weighted by Gasteiger charge is 2.13. The third-order valence-electron chi connectivity index (χ3n) is 3.24. The first-order chi connectivity index (χ1) is 11.3. The summed E-state index contributed by atoms with van der Waals surface area (Å²) >= 11 is 1.49. The van der Waals surface area contributed by atoms with E-state index in [1.165, 1.54) is 16.9 Å². The van der Waals surface area contributed by atoms with Crippen molar-refractivity contribution in [3.8, 4) is 16.5 Å². The molecule has 0 aliphatic carbocycles. The quantitative estimate of drug-likeness (QED) is 0.574. The molecule has 3 aromatic heterocycles. The second kappa shape index (κ2) is 5.73. The molecule has 0 spiro atoms. The van der Waals surface area contributed by atoms with Crippen molar-refractivity contribution >= 4 is 16.3 Å². The molecule has 0 amide bonds. The van der Waals surface area contributed by atoms with Crippen molar-refractivity contribution in [3.05, 3.63) is 54.2 Å². The van der Waals surface area contributed by atoms with E-state index in [1.54, 1.807) is 23.1 Å². The highest BCUT2D eigenvalue weighted by Crippen LogP contribution is 2.25. The lowest BCUT2D eigenvalue weighted by Crippen LogP contribution is -2.03. The Morgan fingerprint density at radius 2 is 2.00 bits per heavy atom. The third kappa shape index (κ3) is 2.76. The minimum atomic E-state index is 0.233. The number of aromatic nitrogens is 6. The Kier molecular flexibility index (Phi) is 3.43. The van der Waals surface area contributed by atoms with Crippen LogP contribution in [0.2, 0.25) is 0 Å². The van der Waals surface area contributed by atoms with Gasteiger partial charge in [0.25, 0.3) is 0 Å². The highest BCUT2D eigenvalue weighted by molar-refractivity contribution is 7.19. The van der Waals surface area contributed by atoms with Gasteiger partial charge in [-0.15, -0.1) is 10.2 Å². The number of nitrogens with zero attached hydrogens (tertiary/aromatic N) is 6. The standard InChI is InChI=1S/C15H12N6OS/c1-10-2-4-11(5-3-10)14-20-21-12(18-19-15(21)23-14)9-22-13-8-16-6-7-17-13/h2-8H,9H2,1H3. The van der Waals surface area contributed by atoms with Crippen LogP contribution < -0.4 is 4.74 Å². The summed E-state index contributed by atoms with van der Waals surface area (Å²) in [7, 11) is 0. The number of ether oxygens (including phenoxy) is 1. The van der Waals surface area contributed by atoms with Gasteiger partial charge in [0.05, 0.1) is 6.20 Å². The highest BCUT2D eigenvalue weighted by atomic mass is 32.1. The van der Waals surface area contributed by atoms with Crippen LogP contribution >= 0.6 is 11.3 Å². The first-order valence-corrected chi connectivity index (χ1v) is 7.78. The molecule has 0 aliphatic rings. The molecular formula is C15H12N6OS. The topological polar surface area (TPSA) is 78.1 Å². The fraction of sp³-hybridized carbons (Fsp3) is 0.133. The monoisotopic (exact) mass is 324 g/mol. The van der Waals surface area contributed by atoms with E-state index in [1.807, 2.05) is 0 Å². The molecule has 114 valence electrons. The van der Waals surface area contributed by atoms with Crippen molar-refractivity contribution in [1.82, 2.24) is 29.8 Å². The molecule has 0 fully saturated rings. The van der Waals surface area contributed by atoms with Gasteiger partial charge in [-0.3, -0.25) is 4.98 Å². The van der Waals surface area contributed by atoms with Gasteiger partial charge < -0.3 is 4.74 Å². The SMILES string of the molecule is Cc1ccc(-c2nn3c(COc4cnccn4)nnc3s2)cc1. The van der Waals surface area contributed by atoms with Crippen molar-refractivity contribution in [2.75, 3.05) is 0 Å². The molecule has 0 saturated carbocycles. The molecule has 0 atom stereocenters. The van der Waals surface area contributed by atoms with Gasteiger partial charge in [0.15, 0.2) is 12.4 Å². The Balaban J connectivity index is 1.60. The van der Waals surface area contributed by atoms with Crippen LogP contribution in [0.5, 0.6) is 5.88 Å². The zero-order chi connectivity index (χ0) is 15.6. The van der Waals surface area contributed by atoms with E-state index in [0.717, 1.165) is 15.5 Å². The van der Waals surface area contributed by atoms with Gasteiger partial charge in [-0.2, -0.15) is 9.61 Å². The van der Waals surface area contributed by atoms with Gasteiger partial charge in [-0.1, -0.05) is 41.2 Å². The zero-order valence-corrected chi connectivity index (χ0v) is 13.1.